The third-order valence-corrected chi connectivity index (χ3v) is 1.11. The lowest BCUT2D eigenvalue weighted by Crippen LogP contribution is -2.37. The van der Waals surface area contributed by atoms with Gasteiger partial charge in [0.1, 0.15) is 6.04 Å². The molecular formula is C4H7N3O2. The number of hydroxylamine groups is 1. The fraction of sp³-hybridized carbons (Fsp3) is 0.500. The fourth-order valence-electron chi connectivity index (χ4n) is 0.577. The predicted molar refractivity (Wildman–Crippen MR) is 30.0 cm³/mol. The van der Waals surface area contributed by atoms with E-state index < -0.39 is 6.04 Å². The number of hydrogen-bond donors (Lipinski definition) is 2. The van der Waals surface area contributed by atoms with Crippen LogP contribution in [0.15, 0.2) is 5.10 Å². The van der Waals surface area contributed by atoms with Crippen LogP contribution in [0.2, 0.25) is 0 Å². The summed E-state index contributed by atoms with van der Waals surface area (Å²) in [5.41, 5.74) is 1.80. The summed E-state index contributed by atoms with van der Waals surface area (Å²) in [5.74, 6) is -0.252. The Kier molecular flexibility index (Phi) is 1.46. The van der Waals surface area contributed by atoms with Gasteiger partial charge in [-0.3, -0.25) is 4.79 Å². The van der Waals surface area contributed by atoms with Crippen LogP contribution in [0, 0.1) is 0 Å². The molecular weight excluding hydrogens is 122 g/mol. The molecule has 0 aromatic heterocycles. The maximum atomic E-state index is 10.7. The Morgan fingerprint density at radius 2 is 2.67 bits per heavy atom. The standard InChI is InChI=1S/C4H7N3O2/c1-7-4(8)3(6-9)2-5-7/h2-3,6,9H,1H3. The van der Waals surface area contributed by atoms with Gasteiger partial charge in [-0.05, 0) is 0 Å². The molecule has 0 aliphatic carbocycles. The zero-order valence-corrected chi connectivity index (χ0v) is 4.90. The third kappa shape index (κ3) is 0.914. The van der Waals surface area contributed by atoms with E-state index in [-0.39, 0.29) is 5.91 Å². The Labute approximate surface area is 51.9 Å². The van der Waals surface area contributed by atoms with Gasteiger partial charge in [-0.25, -0.2) is 5.01 Å². The second kappa shape index (κ2) is 2.12. The van der Waals surface area contributed by atoms with Crippen LogP contribution in [-0.2, 0) is 4.79 Å². The molecule has 0 saturated carbocycles. The largest absolute Gasteiger partial charge is 0.316 e. The van der Waals surface area contributed by atoms with Crippen LogP contribution in [0.1, 0.15) is 0 Å². The van der Waals surface area contributed by atoms with Crippen molar-refractivity contribution in [3.05, 3.63) is 0 Å². The number of rotatable bonds is 1. The van der Waals surface area contributed by atoms with Crippen LogP contribution in [0.4, 0.5) is 0 Å². The Morgan fingerprint density at radius 3 is 2.89 bits per heavy atom. The van der Waals surface area contributed by atoms with E-state index in [1.54, 1.807) is 5.48 Å². The molecule has 0 aromatic rings. The fourth-order valence-corrected chi connectivity index (χ4v) is 0.577. The van der Waals surface area contributed by atoms with E-state index in [1.165, 1.54) is 13.3 Å². The minimum absolute atomic E-state index is 0.252. The van der Waals surface area contributed by atoms with Gasteiger partial charge in [-0.2, -0.15) is 10.6 Å². The quantitative estimate of drug-likeness (QED) is 0.437. The van der Waals surface area contributed by atoms with Gasteiger partial charge in [0.2, 0.25) is 0 Å². The first kappa shape index (κ1) is 6.18. The molecule has 0 fully saturated rings. The molecule has 1 atom stereocenters. The summed E-state index contributed by atoms with van der Waals surface area (Å²) in [6, 6.07) is -0.657. The van der Waals surface area contributed by atoms with E-state index in [4.69, 9.17) is 5.21 Å². The lowest BCUT2D eigenvalue weighted by Gasteiger charge is -2.04. The zero-order valence-electron chi connectivity index (χ0n) is 4.90. The molecule has 0 spiro atoms. The summed E-state index contributed by atoms with van der Waals surface area (Å²) in [7, 11) is 1.52. The van der Waals surface area contributed by atoms with Gasteiger partial charge in [0.25, 0.3) is 5.91 Å². The molecule has 1 unspecified atom stereocenters. The van der Waals surface area contributed by atoms with E-state index >= 15 is 0 Å². The molecule has 1 heterocycles. The predicted octanol–water partition coefficient (Wildman–Crippen LogP) is -1.21. The smallest absolute Gasteiger partial charge is 0.267 e. The van der Waals surface area contributed by atoms with Gasteiger partial charge >= 0.3 is 0 Å². The number of carbonyl (C=O) groups excluding carboxylic acids is 1. The van der Waals surface area contributed by atoms with Crippen molar-refractivity contribution in [2.45, 2.75) is 6.04 Å². The number of nitrogens with one attached hydrogen (secondary N) is 1. The summed E-state index contributed by atoms with van der Waals surface area (Å²) in [5, 5.41) is 13.0. The number of hydrogen-bond acceptors (Lipinski definition) is 4. The molecule has 5 nitrogen and oxygen atoms in total. The average Bonchev–Trinajstić information content (AvgIpc) is 2.15. The van der Waals surface area contributed by atoms with E-state index in [0.717, 1.165) is 5.01 Å². The highest BCUT2D eigenvalue weighted by atomic mass is 16.5. The second-order valence-corrected chi connectivity index (χ2v) is 1.73. The SMILES string of the molecule is CN1N=CC(NO)C1=O. The van der Waals surface area contributed by atoms with Crippen LogP contribution in [-0.4, -0.2) is 35.4 Å². The third-order valence-electron chi connectivity index (χ3n) is 1.11. The Hall–Kier alpha value is -0.940. The normalized spacial score (nSPS) is 25.8. The Morgan fingerprint density at radius 1 is 2.00 bits per heavy atom. The maximum absolute atomic E-state index is 10.7. The van der Waals surface area contributed by atoms with Crippen molar-refractivity contribution in [3.63, 3.8) is 0 Å². The van der Waals surface area contributed by atoms with Gasteiger partial charge in [0, 0.05) is 7.05 Å². The van der Waals surface area contributed by atoms with Crippen molar-refractivity contribution in [2.75, 3.05) is 7.05 Å². The first-order valence-electron chi connectivity index (χ1n) is 2.47. The van der Waals surface area contributed by atoms with Crippen molar-refractivity contribution in [3.8, 4) is 0 Å². The van der Waals surface area contributed by atoms with Crippen LogP contribution in [0.5, 0.6) is 0 Å². The summed E-state index contributed by atoms with van der Waals surface area (Å²) in [6.07, 6.45) is 1.34. The molecule has 50 valence electrons. The van der Waals surface area contributed by atoms with Crippen LogP contribution in [0.3, 0.4) is 0 Å². The van der Waals surface area contributed by atoms with E-state index in [0.29, 0.717) is 0 Å². The van der Waals surface area contributed by atoms with E-state index in [1.807, 2.05) is 0 Å². The van der Waals surface area contributed by atoms with Crippen molar-refractivity contribution in [1.29, 1.82) is 0 Å². The minimum atomic E-state index is -0.657. The first-order chi connectivity index (χ1) is 4.25. The second-order valence-electron chi connectivity index (χ2n) is 1.73. The minimum Gasteiger partial charge on any atom is -0.316 e. The summed E-state index contributed by atoms with van der Waals surface area (Å²) >= 11 is 0. The zero-order chi connectivity index (χ0) is 6.85. The van der Waals surface area contributed by atoms with Gasteiger partial charge < -0.3 is 5.21 Å². The molecule has 5 heteroatoms. The molecule has 0 saturated heterocycles. The summed E-state index contributed by atoms with van der Waals surface area (Å²) in [6.45, 7) is 0. The van der Waals surface area contributed by atoms with Crippen molar-refractivity contribution < 1.29 is 10.0 Å². The number of nitrogens with zero attached hydrogens (tertiary/aromatic N) is 2. The molecule has 1 rings (SSSR count). The summed E-state index contributed by atoms with van der Waals surface area (Å²) in [4.78, 5) is 10.7. The molecule has 1 aliphatic rings. The maximum Gasteiger partial charge on any atom is 0.267 e. The number of likely N-dealkylation sites (N-methyl/N-ethyl adjacent to an activating group) is 1. The van der Waals surface area contributed by atoms with Gasteiger partial charge in [-0.1, -0.05) is 0 Å². The van der Waals surface area contributed by atoms with Crippen LogP contribution in [0.25, 0.3) is 0 Å². The molecule has 0 radical (unpaired) electrons. The Bertz CT molecular complexity index is 156. The highest BCUT2D eigenvalue weighted by Crippen LogP contribution is 1.97. The number of amides is 1. The lowest BCUT2D eigenvalue weighted by molar-refractivity contribution is -0.130. The molecule has 0 aromatic carbocycles. The monoisotopic (exact) mass is 129 g/mol. The number of hydrazone groups is 1. The highest BCUT2D eigenvalue weighted by Gasteiger charge is 2.24. The van der Waals surface area contributed by atoms with Crippen molar-refractivity contribution in [1.82, 2.24) is 10.5 Å². The highest BCUT2D eigenvalue weighted by molar-refractivity contribution is 6.00. The van der Waals surface area contributed by atoms with Crippen molar-refractivity contribution in [2.24, 2.45) is 5.10 Å². The molecule has 2 N–H and O–H groups in total. The van der Waals surface area contributed by atoms with Gasteiger partial charge in [0.05, 0.1) is 6.21 Å². The topological polar surface area (TPSA) is 64.9 Å². The summed E-state index contributed by atoms with van der Waals surface area (Å²) < 4.78 is 0. The molecule has 1 aliphatic heterocycles. The van der Waals surface area contributed by atoms with Gasteiger partial charge in [0.15, 0.2) is 0 Å². The first-order valence-corrected chi connectivity index (χ1v) is 2.47. The van der Waals surface area contributed by atoms with Gasteiger partial charge in [-0.15, -0.1) is 0 Å². The Balaban J connectivity index is 2.62. The van der Waals surface area contributed by atoms with E-state index in [2.05, 4.69) is 5.10 Å². The molecule has 0 bridgehead atoms. The van der Waals surface area contributed by atoms with E-state index in [9.17, 15) is 4.79 Å². The number of carbonyl (C=O) groups is 1. The van der Waals surface area contributed by atoms with Crippen LogP contribution < -0.4 is 5.48 Å². The van der Waals surface area contributed by atoms with Crippen molar-refractivity contribution >= 4 is 12.1 Å². The average molecular weight is 129 g/mol. The molecule has 1 amide bonds. The molecule has 9 heavy (non-hydrogen) atoms. The van der Waals surface area contributed by atoms with Crippen LogP contribution >= 0.6 is 0 Å². The lowest BCUT2D eigenvalue weighted by atomic mass is 10.3.